The van der Waals surface area contributed by atoms with Crippen molar-refractivity contribution in [1.82, 2.24) is 10.2 Å². The van der Waals surface area contributed by atoms with Crippen LogP contribution in [0.5, 0.6) is 0 Å². The number of carbonyl (C=O) groups is 3. The van der Waals surface area contributed by atoms with E-state index in [4.69, 9.17) is 11.6 Å². The predicted octanol–water partition coefficient (Wildman–Crippen LogP) is 4.22. The fourth-order valence-electron chi connectivity index (χ4n) is 3.38. The lowest BCUT2D eigenvalue weighted by atomic mass is 9.95. The molecule has 0 aromatic heterocycles. The second kappa shape index (κ2) is 8.05. The van der Waals surface area contributed by atoms with Gasteiger partial charge >= 0.3 is 0 Å². The van der Waals surface area contributed by atoms with Crippen LogP contribution in [0.3, 0.4) is 0 Å². The molecule has 7 heteroatoms. The Balaban J connectivity index is 1.35. The molecule has 0 bridgehead atoms. The Labute approximate surface area is 178 Å². The number of nitrogens with zero attached hydrogens (tertiary/aromatic N) is 1. The van der Waals surface area contributed by atoms with E-state index in [0.29, 0.717) is 9.93 Å². The summed E-state index contributed by atoms with van der Waals surface area (Å²) in [5, 5.41) is 3.20. The smallest absolute Gasteiger partial charge is 0.293 e. The Morgan fingerprint density at radius 2 is 1.79 bits per heavy atom. The second-order valence-electron chi connectivity index (χ2n) is 7.09. The molecule has 0 atom stereocenters. The van der Waals surface area contributed by atoms with Crippen LogP contribution >= 0.6 is 23.4 Å². The van der Waals surface area contributed by atoms with E-state index in [2.05, 4.69) is 5.32 Å². The molecule has 1 saturated heterocycles. The monoisotopic (exact) mass is 426 g/mol. The van der Waals surface area contributed by atoms with E-state index < -0.39 is 5.41 Å². The number of benzene rings is 2. The third-order valence-corrected chi connectivity index (χ3v) is 6.33. The third-order valence-electron chi connectivity index (χ3n) is 5.17. The van der Waals surface area contributed by atoms with Gasteiger partial charge in [-0.1, -0.05) is 54.1 Å². The highest BCUT2D eigenvalue weighted by atomic mass is 35.5. The highest BCUT2D eigenvalue weighted by Gasteiger charge is 2.51. The van der Waals surface area contributed by atoms with Crippen molar-refractivity contribution in [3.05, 3.63) is 75.7 Å². The molecular weight excluding hydrogens is 408 g/mol. The van der Waals surface area contributed by atoms with Gasteiger partial charge in [0.05, 0.1) is 10.3 Å². The number of imide groups is 1. The number of amides is 3. The average molecular weight is 427 g/mol. The quantitative estimate of drug-likeness (QED) is 0.702. The van der Waals surface area contributed by atoms with Crippen LogP contribution in [0.25, 0.3) is 6.08 Å². The van der Waals surface area contributed by atoms with E-state index in [1.165, 1.54) is 4.90 Å². The number of carbonyl (C=O) groups excluding carboxylic acids is 3. The molecular formula is C22H19ClN2O3S. The van der Waals surface area contributed by atoms with Gasteiger partial charge in [0, 0.05) is 18.1 Å². The summed E-state index contributed by atoms with van der Waals surface area (Å²) in [4.78, 5) is 39.1. The number of nitrogens with one attached hydrogen (secondary N) is 1. The molecule has 1 heterocycles. The van der Waals surface area contributed by atoms with Crippen LogP contribution in [0.15, 0.2) is 59.5 Å². The van der Waals surface area contributed by atoms with E-state index in [-0.39, 0.29) is 30.1 Å². The summed E-state index contributed by atoms with van der Waals surface area (Å²) < 4.78 is 0. The topological polar surface area (TPSA) is 66.5 Å². The van der Waals surface area contributed by atoms with E-state index in [1.54, 1.807) is 18.2 Å². The molecule has 4 rings (SSSR count). The molecule has 0 spiro atoms. The first-order chi connectivity index (χ1) is 14.0. The van der Waals surface area contributed by atoms with Crippen molar-refractivity contribution in [3.8, 4) is 0 Å². The maximum Gasteiger partial charge on any atom is 0.293 e. The lowest BCUT2D eigenvalue weighted by molar-refractivity contribution is -0.125. The van der Waals surface area contributed by atoms with Gasteiger partial charge in [-0.15, -0.1) is 0 Å². The summed E-state index contributed by atoms with van der Waals surface area (Å²) in [5.74, 6) is -0.399. The van der Waals surface area contributed by atoms with Crippen LogP contribution in [-0.2, 0) is 15.0 Å². The summed E-state index contributed by atoms with van der Waals surface area (Å²) in [7, 11) is 0. The normalized spacial score (nSPS) is 18.9. The molecule has 1 aliphatic carbocycles. The lowest BCUT2D eigenvalue weighted by Crippen LogP contribution is -2.41. The van der Waals surface area contributed by atoms with Crippen molar-refractivity contribution in [1.29, 1.82) is 0 Å². The van der Waals surface area contributed by atoms with Crippen LogP contribution in [-0.4, -0.2) is 35.0 Å². The summed E-state index contributed by atoms with van der Waals surface area (Å²) in [6.45, 7) is 0.379. The van der Waals surface area contributed by atoms with Crippen LogP contribution in [0.4, 0.5) is 4.79 Å². The zero-order chi connectivity index (χ0) is 20.4. The maximum absolute atomic E-state index is 12.7. The minimum atomic E-state index is -0.517. The maximum atomic E-state index is 12.7. The molecule has 148 valence electrons. The molecule has 2 fully saturated rings. The lowest BCUT2D eigenvalue weighted by Gasteiger charge is -2.18. The molecule has 3 amide bonds. The van der Waals surface area contributed by atoms with Crippen molar-refractivity contribution >= 4 is 46.5 Å². The fraction of sp³-hybridized carbons (Fsp3) is 0.227. The van der Waals surface area contributed by atoms with E-state index in [9.17, 15) is 14.4 Å². The zero-order valence-electron chi connectivity index (χ0n) is 15.6. The van der Waals surface area contributed by atoms with Crippen molar-refractivity contribution in [2.24, 2.45) is 0 Å². The number of thioether (sulfide) groups is 1. The van der Waals surface area contributed by atoms with E-state index in [0.717, 1.165) is 35.7 Å². The highest BCUT2D eigenvalue weighted by molar-refractivity contribution is 8.18. The zero-order valence-corrected chi connectivity index (χ0v) is 17.1. The van der Waals surface area contributed by atoms with Gasteiger partial charge in [0.1, 0.15) is 0 Å². The van der Waals surface area contributed by atoms with Gasteiger partial charge in [0.15, 0.2) is 0 Å². The van der Waals surface area contributed by atoms with Gasteiger partial charge in [-0.05, 0) is 53.9 Å². The van der Waals surface area contributed by atoms with Crippen molar-refractivity contribution in [3.63, 3.8) is 0 Å². The molecule has 29 heavy (non-hydrogen) atoms. The average Bonchev–Trinajstić information content (AvgIpc) is 3.49. The molecule has 5 nitrogen and oxygen atoms in total. The standard InChI is InChI=1S/C22H19ClN2O3S/c23-17-8-6-16(7-9-17)22(10-11-22)20(27)24-12-13-25-19(26)18(29-21(25)28)14-15-4-2-1-3-5-15/h1-9,14H,10-13H2,(H,24,27)/b18-14-. The first kappa shape index (κ1) is 19.7. The molecule has 2 aromatic carbocycles. The summed E-state index contributed by atoms with van der Waals surface area (Å²) in [6.07, 6.45) is 3.27. The first-order valence-corrected chi connectivity index (χ1v) is 10.5. The van der Waals surface area contributed by atoms with Crippen molar-refractivity contribution in [2.45, 2.75) is 18.3 Å². The van der Waals surface area contributed by atoms with Crippen molar-refractivity contribution < 1.29 is 14.4 Å². The van der Waals surface area contributed by atoms with Gasteiger partial charge in [-0.3, -0.25) is 19.3 Å². The van der Waals surface area contributed by atoms with Crippen molar-refractivity contribution in [2.75, 3.05) is 13.1 Å². The van der Waals surface area contributed by atoms with E-state index >= 15 is 0 Å². The fourth-order valence-corrected chi connectivity index (χ4v) is 4.38. The molecule has 0 radical (unpaired) electrons. The summed E-state index contributed by atoms with van der Waals surface area (Å²) in [5.41, 5.74) is 1.29. The van der Waals surface area contributed by atoms with Crippen LogP contribution < -0.4 is 5.32 Å². The van der Waals surface area contributed by atoms with Gasteiger partial charge < -0.3 is 5.32 Å². The SMILES string of the molecule is O=C1S/C(=C\c2ccccc2)C(=O)N1CCNC(=O)C1(c2ccc(Cl)cc2)CC1. The Hall–Kier alpha value is -2.57. The van der Waals surface area contributed by atoms with Gasteiger partial charge in [0.25, 0.3) is 11.1 Å². The van der Waals surface area contributed by atoms with Crippen LogP contribution in [0.2, 0.25) is 5.02 Å². The minimum absolute atomic E-state index is 0.0772. The molecule has 1 N–H and O–H groups in total. The number of halogens is 1. The second-order valence-corrected chi connectivity index (χ2v) is 8.52. The largest absolute Gasteiger partial charge is 0.354 e. The molecule has 0 unspecified atom stereocenters. The molecule has 2 aromatic rings. The minimum Gasteiger partial charge on any atom is -0.354 e. The summed E-state index contributed by atoms with van der Waals surface area (Å²) in [6, 6.07) is 16.7. The first-order valence-electron chi connectivity index (χ1n) is 9.34. The Morgan fingerprint density at radius 1 is 1.10 bits per heavy atom. The van der Waals surface area contributed by atoms with Gasteiger partial charge in [0.2, 0.25) is 5.91 Å². The predicted molar refractivity (Wildman–Crippen MR) is 114 cm³/mol. The number of hydrogen-bond acceptors (Lipinski definition) is 4. The number of rotatable bonds is 6. The van der Waals surface area contributed by atoms with Crippen LogP contribution in [0.1, 0.15) is 24.0 Å². The molecule has 1 saturated carbocycles. The Kier molecular flexibility index (Phi) is 5.48. The Bertz CT molecular complexity index is 985. The number of hydrogen-bond donors (Lipinski definition) is 1. The molecule has 1 aliphatic heterocycles. The molecule has 2 aliphatic rings. The summed E-state index contributed by atoms with van der Waals surface area (Å²) >= 11 is 6.86. The van der Waals surface area contributed by atoms with Gasteiger partial charge in [-0.2, -0.15) is 0 Å². The van der Waals surface area contributed by atoms with E-state index in [1.807, 2.05) is 42.5 Å². The highest BCUT2D eigenvalue weighted by Crippen LogP contribution is 2.48. The van der Waals surface area contributed by atoms with Gasteiger partial charge in [-0.25, -0.2) is 0 Å². The Morgan fingerprint density at radius 3 is 2.45 bits per heavy atom. The van der Waals surface area contributed by atoms with Crippen LogP contribution in [0, 0.1) is 0 Å². The third kappa shape index (κ3) is 4.09.